The highest BCUT2D eigenvalue weighted by Gasteiger charge is 2.35. The zero-order valence-corrected chi connectivity index (χ0v) is 13.5. The van der Waals surface area contributed by atoms with Gasteiger partial charge in [-0.2, -0.15) is 0 Å². The molecule has 2 rings (SSSR count). The first-order valence-electron chi connectivity index (χ1n) is 7.52. The summed E-state index contributed by atoms with van der Waals surface area (Å²) in [5.41, 5.74) is 3.19. The van der Waals surface area contributed by atoms with Crippen molar-refractivity contribution in [1.29, 1.82) is 0 Å². The van der Waals surface area contributed by atoms with E-state index in [1.807, 2.05) is 57.7 Å². The van der Waals surface area contributed by atoms with Gasteiger partial charge in [0.15, 0.2) is 0 Å². The van der Waals surface area contributed by atoms with E-state index in [1.54, 1.807) is 4.90 Å². The fourth-order valence-electron chi connectivity index (χ4n) is 2.75. The van der Waals surface area contributed by atoms with Gasteiger partial charge in [0, 0.05) is 24.7 Å². The number of benzene rings is 1. The summed E-state index contributed by atoms with van der Waals surface area (Å²) in [7, 11) is 0. The monoisotopic (exact) mass is 288 g/mol. The Labute approximate surface area is 126 Å². The third kappa shape index (κ3) is 2.94. The van der Waals surface area contributed by atoms with Crippen molar-refractivity contribution in [3.63, 3.8) is 0 Å². The number of carbonyl (C=O) groups is 2. The molecule has 1 aliphatic heterocycles. The van der Waals surface area contributed by atoms with E-state index in [0.717, 1.165) is 16.8 Å². The maximum absolute atomic E-state index is 12.7. The Hall–Kier alpha value is -1.84. The normalized spacial score (nSPS) is 19.3. The first-order chi connectivity index (χ1) is 9.82. The molecular formula is C17H24N2O2. The molecule has 4 nitrogen and oxygen atoms in total. The molecule has 0 unspecified atom stereocenters. The van der Waals surface area contributed by atoms with Gasteiger partial charge in [-0.3, -0.25) is 9.59 Å². The SMILES string of the molecule is Cc1ccc(C)c(N2CCN(C(=O)C(C)C)[C@@H](C)C2=O)c1. The Kier molecular flexibility index (Phi) is 4.35. The Morgan fingerprint density at radius 2 is 1.90 bits per heavy atom. The minimum absolute atomic E-state index is 0.00366. The van der Waals surface area contributed by atoms with Crippen LogP contribution in [0.15, 0.2) is 18.2 Å². The van der Waals surface area contributed by atoms with Crippen molar-refractivity contribution < 1.29 is 9.59 Å². The van der Waals surface area contributed by atoms with Gasteiger partial charge in [-0.1, -0.05) is 26.0 Å². The summed E-state index contributed by atoms with van der Waals surface area (Å²) in [6, 6.07) is 5.73. The Morgan fingerprint density at radius 1 is 1.24 bits per heavy atom. The van der Waals surface area contributed by atoms with Crippen LogP contribution in [0.3, 0.4) is 0 Å². The number of amides is 2. The third-order valence-electron chi connectivity index (χ3n) is 4.09. The average Bonchev–Trinajstić information content (AvgIpc) is 2.44. The number of hydrogen-bond donors (Lipinski definition) is 0. The highest BCUT2D eigenvalue weighted by atomic mass is 16.2. The second-order valence-electron chi connectivity index (χ2n) is 6.14. The van der Waals surface area contributed by atoms with Crippen LogP contribution >= 0.6 is 0 Å². The number of hydrogen-bond acceptors (Lipinski definition) is 2. The van der Waals surface area contributed by atoms with Crippen LogP contribution in [0.4, 0.5) is 5.69 Å². The number of rotatable bonds is 2. The number of nitrogens with zero attached hydrogens (tertiary/aromatic N) is 2. The molecule has 1 fully saturated rings. The molecule has 1 heterocycles. The van der Waals surface area contributed by atoms with E-state index < -0.39 is 6.04 Å². The van der Waals surface area contributed by atoms with Gasteiger partial charge in [0.1, 0.15) is 6.04 Å². The lowest BCUT2D eigenvalue weighted by molar-refractivity contribution is -0.143. The first kappa shape index (κ1) is 15.5. The van der Waals surface area contributed by atoms with Crippen molar-refractivity contribution in [2.24, 2.45) is 5.92 Å². The maximum Gasteiger partial charge on any atom is 0.249 e. The largest absolute Gasteiger partial charge is 0.329 e. The topological polar surface area (TPSA) is 40.6 Å². The van der Waals surface area contributed by atoms with Gasteiger partial charge in [0.25, 0.3) is 0 Å². The summed E-state index contributed by atoms with van der Waals surface area (Å²) in [5.74, 6) is -0.0204. The molecule has 0 bridgehead atoms. The van der Waals surface area contributed by atoms with Crippen molar-refractivity contribution >= 4 is 17.5 Å². The van der Waals surface area contributed by atoms with Crippen molar-refractivity contribution in [2.75, 3.05) is 18.0 Å². The molecule has 0 spiro atoms. The van der Waals surface area contributed by atoms with Gasteiger partial charge in [-0.15, -0.1) is 0 Å². The van der Waals surface area contributed by atoms with Crippen molar-refractivity contribution in [1.82, 2.24) is 4.90 Å². The molecule has 1 aromatic carbocycles. The lowest BCUT2D eigenvalue weighted by Crippen LogP contribution is -2.58. The number of aryl methyl sites for hydroxylation is 2. The average molecular weight is 288 g/mol. The van der Waals surface area contributed by atoms with Crippen LogP contribution in [0.5, 0.6) is 0 Å². The summed E-state index contributed by atoms with van der Waals surface area (Å²) < 4.78 is 0. The van der Waals surface area contributed by atoms with Crippen LogP contribution in [0.1, 0.15) is 31.9 Å². The Morgan fingerprint density at radius 3 is 2.52 bits per heavy atom. The van der Waals surface area contributed by atoms with Crippen LogP contribution in [0.25, 0.3) is 0 Å². The molecule has 0 N–H and O–H groups in total. The van der Waals surface area contributed by atoms with E-state index in [2.05, 4.69) is 0 Å². The predicted molar refractivity (Wildman–Crippen MR) is 84.3 cm³/mol. The highest BCUT2D eigenvalue weighted by Crippen LogP contribution is 2.25. The van der Waals surface area contributed by atoms with Gasteiger partial charge in [-0.05, 0) is 38.0 Å². The molecule has 0 radical (unpaired) electrons. The molecule has 1 aliphatic rings. The minimum atomic E-state index is -0.395. The maximum atomic E-state index is 12.7. The summed E-state index contributed by atoms with van der Waals surface area (Å²) >= 11 is 0. The molecular weight excluding hydrogens is 264 g/mol. The fraction of sp³-hybridized carbons (Fsp3) is 0.529. The number of carbonyl (C=O) groups excluding carboxylic acids is 2. The van der Waals surface area contributed by atoms with Gasteiger partial charge in [-0.25, -0.2) is 0 Å². The third-order valence-corrected chi connectivity index (χ3v) is 4.09. The molecule has 0 aromatic heterocycles. The summed E-state index contributed by atoms with van der Waals surface area (Å²) in [4.78, 5) is 28.4. The molecule has 4 heteroatoms. The molecule has 0 aliphatic carbocycles. The van der Waals surface area contributed by atoms with Gasteiger partial charge >= 0.3 is 0 Å². The van der Waals surface area contributed by atoms with Crippen LogP contribution in [0.2, 0.25) is 0 Å². The van der Waals surface area contributed by atoms with Crippen LogP contribution in [-0.4, -0.2) is 35.8 Å². The zero-order valence-electron chi connectivity index (χ0n) is 13.5. The molecule has 1 atom stereocenters. The van der Waals surface area contributed by atoms with Crippen LogP contribution < -0.4 is 4.90 Å². The van der Waals surface area contributed by atoms with Crippen molar-refractivity contribution in [3.05, 3.63) is 29.3 Å². The van der Waals surface area contributed by atoms with Crippen molar-refractivity contribution in [3.8, 4) is 0 Å². The lowest BCUT2D eigenvalue weighted by Gasteiger charge is -2.40. The molecule has 114 valence electrons. The Balaban J connectivity index is 2.26. The van der Waals surface area contributed by atoms with E-state index >= 15 is 0 Å². The highest BCUT2D eigenvalue weighted by molar-refractivity contribution is 6.00. The molecule has 1 aromatic rings. The predicted octanol–water partition coefficient (Wildman–Crippen LogP) is 2.52. The standard InChI is InChI=1S/C17H24N2O2/c1-11(2)16(20)18-8-9-19(17(21)14(18)5)15-10-12(3)6-7-13(15)4/h6-7,10-11,14H,8-9H2,1-5H3/t14-/m0/s1. The second-order valence-corrected chi connectivity index (χ2v) is 6.14. The van der Waals surface area contributed by atoms with Gasteiger partial charge in [0.2, 0.25) is 11.8 Å². The molecule has 0 saturated carbocycles. The summed E-state index contributed by atoms with van der Waals surface area (Å²) in [5, 5.41) is 0. The van der Waals surface area contributed by atoms with Crippen LogP contribution in [0, 0.1) is 19.8 Å². The van der Waals surface area contributed by atoms with Crippen LogP contribution in [-0.2, 0) is 9.59 Å². The van der Waals surface area contributed by atoms with E-state index in [9.17, 15) is 9.59 Å². The number of anilines is 1. The van der Waals surface area contributed by atoms with E-state index in [4.69, 9.17) is 0 Å². The first-order valence-corrected chi connectivity index (χ1v) is 7.52. The summed E-state index contributed by atoms with van der Waals surface area (Å²) in [6.07, 6.45) is 0. The quantitative estimate of drug-likeness (QED) is 0.839. The summed E-state index contributed by atoms with van der Waals surface area (Å²) in [6.45, 7) is 10.8. The fourth-order valence-corrected chi connectivity index (χ4v) is 2.75. The molecule has 2 amide bonds. The lowest BCUT2D eigenvalue weighted by atomic mass is 10.0. The Bertz CT molecular complexity index is 566. The number of piperazine rings is 1. The van der Waals surface area contributed by atoms with E-state index in [-0.39, 0.29) is 17.7 Å². The minimum Gasteiger partial charge on any atom is -0.329 e. The smallest absolute Gasteiger partial charge is 0.249 e. The van der Waals surface area contributed by atoms with E-state index in [1.165, 1.54) is 0 Å². The second kappa shape index (κ2) is 5.88. The van der Waals surface area contributed by atoms with Gasteiger partial charge < -0.3 is 9.80 Å². The molecule has 21 heavy (non-hydrogen) atoms. The van der Waals surface area contributed by atoms with Gasteiger partial charge in [0.05, 0.1) is 0 Å². The molecule has 1 saturated heterocycles. The van der Waals surface area contributed by atoms with E-state index in [0.29, 0.717) is 13.1 Å². The van der Waals surface area contributed by atoms with Crippen molar-refractivity contribution in [2.45, 2.75) is 40.7 Å². The zero-order chi connectivity index (χ0) is 15.7.